The number of hydrogen-bond donors (Lipinski definition) is 2. The van der Waals surface area contributed by atoms with Gasteiger partial charge < -0.3 is 10.4 Å². The number of aliphatic carboxylic acids is 1. The van der Waals surface area contributed by atoms with Gasteiger partial charge in [-0.2, -0.15) is 0 Å². The zero-order valence-electron chi connectivity index (χ0n) is 10.1. The number of hydrogen-bond acceptors (Lipinski definition) is 2. The van der Waals surface area contributed by atoms with Crippen LogP contribution in [0.25, 0.3) is 0 Å². The van der Waals surface area contributed by atoms with Crippen LogP contribution in [0.1, 0.15) is 37.8 Å². The van der Waals surface area contributed by atoms with E-state index in [1.54, 1.807) is 0 Å². The van der Waals surface area contributed by atoms with Gasteiger partial charge in [-0.15, -0.1) is 0 Å². The second-order valence-corrected chi connectivity index (χ2v) is 5.01. The molecule has 0 aliphatic rings. The molecule has 18 heavy (non-hydrogen) atoms. The first-order valence-corrected chi connectivity index (χ1v) is 6.55. The van der Waals surface area contributed by atoms with Gasteiger partial charge >= 0.3 is 5.97 Å². The molecular formula is C13H16BrNO3. The second-order valence-electron chi connectivity index (χ2n) is 4.09. The van der Waals surface area contributed by atoms with Crippen molar-refractivity contribution in [1.29, 1.82) is 0 Å². The first-order chi connectivity index (χ1) is 8.49. The molecule has 1 unspecified atom stereocenters. The summed E-state index contributed by atoms with van der Waals surface area (Å²) in [5.41, 5.74) is 1.01. The largest absolute Gasteiger partial charge is 0.481 e. The van der Waals surface area contributed by atoms with E-state index in [4.69, 9.17) is 5.11 Å². The Morgan fingerprint density at radius 3 is 2.72 bits per heavy atom. The molecule has 0 radical (unpaired) electrons. The van der Waals surface area contributed by atoms with E-state index in [9.17, 15) is 9.59 Å². The van der Waals surface area contributed by atoms with Crippen LogP contribution in [0.2, 0.25) is 0 Å². The van der Waals surface area contributed by atoms with Crippen LogP contribution in [0.15, 0.2) is 28.7 Å². The third kappa shape index (κ3) is 5.31. The average Bonchev–Trinajstić information content (AvgIpc) is 2.28. The van der Waals surface area contributed by atoms with Crippen molar-refractivity contribution in [2.45, 2.75) is 32.2 Å². The molecule has 1 rings (SSSR count). The molecule has 0 aliphatic carbocycles. The maximum absolute atomic E-state index is 11.6. The van der Waals surface area contributed by atoms with Crippen molar-refractivity contribution in [3.05, 3.63) is 34.3 Å². The van der Waals surface area contributed by atoms with E-state index in [2.05, 4.69) is 21.2 Å². The van der Waals surface area contributed by atoms with Crippen LogP contribution < -0.4 is 5.32 Å². The molecule has 0 saturated carbocycles. The van der Waals surface area contributed by atoms with Crippen molar-refractivity contribution in [3.63, 3.8) is 0 Å². The summed E-state index contributed by atoms with van der Waals surface area (Å²) in [5, 5.41) is 11.3. The summed E-state index contributed by atoms with van der Waals surface area (Å²) in [6.07, 6.45) is 0.635. The van der Waals surface area contributed by atoms with Crippen LogP contribution in [-0.4, -0.2) is 17.0 Å². The summed E-state index contributed by atoms with van der Waals surface area (Å²) >= 11 is 3.38. The fourth-order valence-electron chi connectivity index (χ4n) is 1.57. The van der Waals surface area contributed by atoms with E-state index in [-0.39, 0.29) is 24.8 Å². The maximum Gasteiger partial charge on any atom is 0.303 e. The lowest BCUT2D eigenvalue weighted by molar-refractivity contribution is -0.137. The minimum atomic E-state index is -0.872. The molecule has 1 aromatic carbocycles. The first kappa shape index (κ1) is 14.7. The summed E-state index contributed by atoms with van der Waals surface area (Å²) in [7, 11) is 0. The minimum Gasteiger partial charge on any atom is -0.481 e. The van der Waals surface area contributed by atoms with Gasteiger partial charge in [-0.05, 0) is 31.0 Å². The van der Waals surface area contributed by atoms with E-state index in [1.165, 1.54) is 0 Å². The number of halogens is 1. The predicted molar refractivity (Wildman–Crippen MR) is 72.2 cm³/mol. The highest BCUT2D eigenvalue weighted by atomic mass is 79.9. The number of carboxylic acid groups (broad SMARTS) is 1. The lowest BCUT2D eigenvalue weighted by Crippen LogP contribution is -2.26. The highest BCUT2D eigenvalue weighted by molar-refractivity contribution is 9.10. The summed E-state index contributed by atoms with van der Waals surface area (Å²) in [4.78, 5) is 21.9. The van der Waals surface area contributed by atoms with Crippen molar-refractivity contribution >= 4 is 27.8 Å². The van der Waals surface area contributed by atoms with Gasteiger partial charge in [-0.3, -0.25) is 9.59 Å². The zero-order valence-corrected chi connectivity index (χ0v) is 11.7. The van der Waals surface area contributed by atoms with Crippen molar-refractivity contribution < 1.29 is 14.7 Å². The van der Waals surface area contributed by atoms with Gasteiger partial charge in [0.25, 0.3) is 0 Å². The second kappa shape index (κ2) is 7.16. The highest BCUT2D eigenvalue weighted by Gasteiger charge is 2.10. The number of carbonyl (C=O) groups excluding carboxylic acids is 1. The maximum atomic E-state index is 11.6. The van der Waals surface area contributed by atoms with Crippen LogP contribution in [-0.2, 0) is 9.59 Å². The van der Waals surface area contributed by atoms with Crippen LogP contribution in [0.4, 0.5) is 0 Å². The number of carbonyl (C=O) groups is 2. The Hall–Kier alpha value is -1.36. The van der Waals surface area contributed by atoms with E-state index in [0.29, 0.717) is 6.42 Å². The number of nitrogens with one attached hydrogen (secondary N) is 1. The third-order valence-electron chi connectivity index (χ3n) is 2.52. The Morgan fingerprint density at radius 2 is 2.11 bits per heavy atom. The van der Waals surface area contributed by atoms with Gasteiger partial charge in [0.1, 0.15) is 0 Å². The van der Waals surface area contributed by atoms with Crippen LogP contribution in [0.5, 0.6) is 0 Å². The molecule has 98 valence electrons. The standard InChI is InChI=1S/C13H16BrNO3/c1-9(10-4-2-5-11(14)8-10)15-12(16)6-3-7-13(17)18/h2,4-5,8-9H,3,6-7H2,1H3,(H,15,16)(H,17,18). The Morgan fingerprint density at radius 1 is 1.39 bits per heavy atom. The zero-order chi connectivity index (χ0) is 13.5. The van der Waals surface area contributed by atoms with E-state index in [0.717, 1.165) is 10.0 Å². The van der Waals surface area contributed by atoms with Crippen molar-refractivity contribution in [3.8, 4) is 0 Å². The Bertz CT molecular complexity index is 434. The van der Waals surface area contributed by atoms with Crippen LogP contribution in [0, 0.1) is 0 Å². The number of benzene rings is 1. The molecule has 1 atom stereocenters. The van der Waals surface area contributed by atoms with Gasteiger partial charge in [0.05, 0.1) is 6.04 Å². The first-order valence-electron chi connectivity index (χ1n) is 5.75. The fraction of sp³-hybridized carbons (Fsp3) is 0.385. The van der Waals surface area contributed by atoms with Crippen LogP contribution >= 0.6 is 15.9 Å². The monoisotopic (exact) mass is 313 g/mol. The lowest BCUT2D eigenvalue weighted by Gasteiger charge is -2.14. The van der Waals surface area contributed by atoms with Crippen LogP contribution in [0.3, 0.4) is 0 Å². The Balaban J connectivity index is 2.42. The summed E-state index contributed by atoms with van der Waals surface area (Å²) in [5.74, 6) is -0.994. The highest BCUT2D eigenvalue weighted by Crippen LogP contribution is 2.17. The van der Waals surface area contributed by atoms with Crippen molar-refractivity contribution in [2.75, 3.05) is 0 Å². The van der Waals surface area contributed by atoms with Gasteiger partial charge in [0.2, 0.25) is 5.91 Å². The molecule has 4 nitrogen and oxygen atoms in total. The van der Waals surface area contributed by atoms with Gasteiger partial charge in [-0.1, -0.05) is 28.1 Å². The fourth-order valence-corrected chi connectivity index (χ4v) is 1.99. The Kier molecular flexibility index (Phi) is 5.85. The number of carboxylic acids is 1. The summed E-state index contributed by atoms with van der Waals surface area (Å²) in [6.45, 7) is 1.90. The SMILES string of the molecule is CC(NC(=O)CCCC(=O)O)c1cccc(Br)c1. The minimum absolute atomic E-state index is 0.0265. The number of amides is 1. The van der Waals surface area contributed by atoms with Crippen molar-refractivity contribution in [2.24, 2.45) is 0 Å². The summed E-state index contributed by atoms with van der Waals surface area (Å²) in [6, 6.07) is 7.63. The smallest absolute Gasteiger partial charge is 0.303 e. The lowest BCUT2D eigenvalue weighted by atomic mass is 10.1. The molecule has 1 amide bonds. The van der Waals surface area contributed by atoms with E-state index < -0.39 is 5.97 Å². The molecule has 2 N–H and O–H groups in total. The predicted octanol–water partition coefficient (Wildman–Crippen LogP) is 2.88. The summed E-state index contributed by atoms with van der Waals surface area (Å²) < 4.78 is 0.965. The molecule has 0 fully saturated rings. The topological polar surface area (TPSA) is 66.4 Å². The quantitative estimate of drug-likeness (QED) is 0.848. The molecule has 0 spiro atoms. The Labute approximate surface area is 115 Å². The van der Waals surface area contributed by atoms with Gasteiger partial charge in [0, 0.05) is 17.3 Å². The molecule has 1 aromatic rings. The molecule has 5 heteroatoms. The molecule has 0 saturated heterocycles. The molecule has 0 bridgehead atoms. The van der Waals surface area contributed by atoms with Gasteiger partial charge in [0.15, 0.2) is 0 Å². The molecular weight excluding hydrogens is 298 g/mol. The molecule has 0 aromatic heterocycles. The molecule has 0 heterocycles. The molecule has 0 aliphatic heterocycles. The van der Waals surface area contributed by atoms with Gasteiger partial charge in [-0.25, -0.2) is 0 Å². The third-order valence-corrected chi connectivity index (χ3v) is 3.01. The normalized spacial score (nSPS) is 11.9. The van der Waals surface area contributed by atoms with E-state index >= 15 is 0 Å². The van der Waals surface area contributed by atoms with E-state index in [1.807, 2.05) is 31.2 Å². The van der Waals surface area contributed by atoms with Crippen molar-refractivity contribution in [1.82, 2.24) is 5.32 Å². The number of rotatable bonds is 6. The average molecular weight is 314 g/mol.